The van der Waals surface area contributed by atoms with Gasteiger partial charge in [0.25, 0.3) is 0 Å². The minimum atomic E-state index is 0.661. The summed E-state index contributed by atoms with van der Waals surface area (Å²) in [5, 5.41) is 4.34. The Morgan fingerprint density at radius 3 is 1.95 bits per heavy atom. The van der Waals surface area contributed by atoms with E-state index in [-0.39, 0.29) is 0 Å². The maximum absolute atomic E-state index is 5.29. The molecule has 0 saturated heterocycles. The van der Waals surface area contributed by atoms with Gasteiger partial charge in [-0.15, -0.1) is 0 Å². The Balaban J connectivity index is 1.03. The molecule has 5 heteroatoms. The van der Waals surface area contributed by atoms with E-state index >= 15 is 0 Å². The largest absolute Gasteiger partial charge is 0.263 e. The zero-order valence-corrected chi connectivity index (χ0v) is 34.5. The smallest absolute Gasteiger partial charge is 0.160 e. The molecular weight excluding hydrogens is 755 g/mol. The predicted molar refractivity (Wildman–Crippen MR) is 258 cm³/mol. The molecule has 4 aromatic heterocycles. The standard InChI is InChI=1S/C57H41N5/c1-4-5-7-14-37(2)50-33-52(60-56-49(50)30-29-42-24-23-38(3)59-55(42)56)45-20-12-18-43(31-45)39-25-27-41(28-26-39)54-34-53(40-15-8-6-9-16-40)61-57(62-54)46-21-13-19-44(32-46)51-36-58-35-47-17-10-11-22-48(47)51/h4-36H,2H2,1,3H3/b5-4-,14-7-. The average molecular weight is 796 g/mol. The summed E-state index contributed by atoms with van der Waals surface area (Å²) in [5.41, 5.74) is 15.5. The monoisotopic (exact) mass is 795 g/mol. The summed E-state index contributed by atoms with van der Waals surface area (Å²) in [4.78, 5) is 25.1. The highest BCUT2D eigenvalue weighted by Gasteiger charge is 2.16. The third-order valence-electron chi connectivity index (χ3n) is 11.3. The highest BCUT2D eigenvalue weighted by atomic mass is 14.9. The molecule has 62 heavy (non-hydrogen) atoms. The van der Waals surface area contributed by atoms with Gasteiger partial charge in [-0.3, -0.25) is 9.97 Å². The van der Waals surface area contributed by atoms with Gasteiger partial charge in [0.2, 0.25) is 0 Å². The highest BCUT2D eigenvalue weighted by Crippen LogP contribution is 2.36. The second-order valence-electron chi connectivity index (χ2n) is 15.4. The maximum Gasteiger partial charge on any atom is 0.160 e. The van der Waals surface area contributed by atoms with Crippen LogP contribution in [0, 0.1) is 6.92 Å². The Hall–Kier alpha value is -8.15. The Morgan fingerprint density at radius 2 is 1.13 bits per heavy atom. The van der Waals surface area contributed by atoms with Crippen LogP contribution in [-0.2, 0) is 0 Å². The van der Waals surface area contributed by atoms with E-state index in [1.54, 1.807) is 0 Å². The lowest BCUT2D eigenvalue weighted by Crippen LogP contribution is -1.96. The number of fused-ring (bicyclic) bond motifs is 4. The van der Waals surface area contributed by atoms with E-state index in [0.29, 0.717) is 5.82 Å². The van der Waals surface area contributed by atoms with Crippen molar-refractivity contribution < 1.29 is 0 Å². The van der Waals surface area contributed by atoms with Crippen molar-refractivity contribution in [2.75, 3.05) is 0 Å². The minimum absolute atomic E-state index is 0.661. The van der Waals surface area contributed by atoms with E-state index in [4.69, 9.17) is 19.9 Å². The van der Waals surface area contributed by atoms with Gasteiger partial charge in [-0.1, -0.05) is 164 Å². The number of nitrogens with zero attached hydrogens (tertiary/aromatic N) is 5. The Kier molecular flexibility index (Phi) is 10.1. The average Bonchev–Trinajstić information content (AvgIpc) is 3.33. The van der Waals surface area contributed by atoms with Crippen LogP contribution >= 0.6 is 0 Å². The topological polar surface area (TPSA) is 64.5 Å². The van der Waals surface area contributed by atoms with Crippen LogP contribution in [0.5, 0.6) is 0 Å². The van der Waals surface area contributed by atoms with Gasteiger partial charge in [0, 0.05) is 62.1 Å². The van der Waals surface area contributed by atoms with E-state index in [2.05, 4.69) is 151 Å². The van der Waals surface area contributed by atoms with Crippen LogP contribution < -0.4 is 0 Å². The molecule has 10 rings (SSSR count). The molecule has 6 aromatic carbocycles. The van der Waals surface area contributed by atoms with Crippen LogP contribution in [0.25, 0.3) is 106 Å². The van der Waals surface area contributed by atoms with Crippen LogP contribution in [0.3, 0.4) is 0 Å². The molecule has 0 aliphatic heterocycles. The van der Waals surface area contributed by atoms with E-state index in [0.717, 1.165) is 111 Å². The molecule has 0 saturated carbocycles. The first-order chi connectivity index (χ1) is 30.5. The summed E-state index contributed by atoms with van der Waals surface area (Å²) in [6, 6.07) is 56.9. The fourth-order valence-corrected chi connectivity index (χ4v) is 8.10. The fourth-order valence-electron chi connectivity index (χ4n) is 8.10. The van der Waals surface area contributed by atoms with E-state index in [1.807, 2.05) is 74.8 Å². The summed E-state index contributed by atoms with van der Waals surface area (Å²) < 4.78 is 0. The normalized spacial score (nSPS) is 11.6. The summed E-state index contributed by atoms with van der Waals surface area (Å²) in [7, 11) is 0. The van der Waals surface area contributed by atoms with Crippen molar-refractivity contribution in [2.24, 2.45) is 0 Å². The third kappa shape index (κ3) is 7.48. The van der Waals surface area contributed by atoms with Crippen molar-refractivity contribution in [3.63, 3.8) is 0 Å². The Labute approximate surface area is 361 Å². The number of hydrogen-bond donors (Lipinski definition) is 0. The second kappa shape index (κ2) is 16.5. The van der Waals surface area contributed by atoms with Crippen LogP contribution in [0.1, 0.15) is 18.2 Å². The number of aryl methyl sites for hydroxylation is 1. The lowest BCUT2D eigenvalue weighted by Gasteiger charge is -2.13. The summed E-state index contributed by atoms with van der Waals surface area (Å²) in [5.74, 6) is 0.661. The quantitative estimate of drug-likeness (QED) is 0.108. The van der Waals surface area contributed by atoms with Crippen molar-refractivity contribution in [2.45, 2.75) is 13.8 Å². The van der Waals surface area contributed by atoms with Gasteiger partial charge >= 0.3 is 0 Å². The molecule has 0 unspecified atom stereocenters. The summed E-state index contributed by atoms with van der Waals surface area (Å²) in [6.45, 7) is 8.50. The zero-order valence-electron chi connectivity index (χ0n) is 34.5. The van der Waals surface area contributed by atoms with Gasteiger partial charge in [-0.05, 0) is 77.4 Å². The second-order valence-corrected chi connectivity index (χ2v) is 15.4. The molecule has 0 radical (unpaired) electrons. The van der Waals surface area contributed by atoms with E-state index < -0.39 is 0 Å². The van der Waals surface area contributed by atoms with E-state index in [9.17, 15) is 0 Å². The van der Waals surface area contributed by atoms with Gasteiger partial charge in [-0.2, -0.15) is 0 Å². The van der Waals surface area contributed by atoms with Crippen molar-refractivity contribution in [3.05, 3.63) is 218 Å². The molecule has 0 spiro atoms. The first kappa shape index (κ1) is 38.1. The first-order valence-electron chi connectivity index (χ1n) is 20.8. The highest BCUT2D eigenvalue weighted by molar-refractivity contribution is 6.08. The van der Waals surface area contributed by atoms with Crippen molar-refractivity contribution >= 4 is 38.2 Å². The van der Waals surface area contributed by atoms with Crippen LogP contribution in [-0.4, -0.2) is 24.9 Å². The lowest BCUT2D eigenvalue weighted by molar-refractivity contribution is 1.18. The fraction of sp³-hybridized carbons (Fsp3) is 0.0351. The first-order valence-corrected chi connectivity index (χ1v) is 20.8. The number of allylic oxidation sites excluding steroid dienone is 5. The molecule has 0 aliphatic carbocycles. The van der Waals surface area contributed by atoms with Gasteiger partial charge in [0.15, 0.2) is 5.82 Å². The zero-order chi connectivity index (χ0) is 42.0. The molecule has 5 nitrogen and oxygen atoms in total. The molecule has 0 atom stereocenters. The van der Waals surface area contributed by atoms with E-state index in [1.165, 1.54) is 0 Å². The molecule has 4 heterocycles. The summed E-state index contributed by atoms with van der Waals surface area (Å²) >= 11 is 0. The molecule has 0 bridgehead atoms. The molecule has 294 valence electrons. The molecule has 0 amide bonds. The van der Waals surface area contributed by atoms with Crippen molar-refractivity contribution in [1.29, 1.82) is 0 Å². The molecule has 0 fully saturated rings. The van der Waals surface area contributed by atoms with Gasteiger partial charge < -0.3 is 0 Å². The number of rotatable bonds is 9. The minimum Gasteiger partial charge on any atom is -0.263 e. The van der Waals surface area contributed by atoms with Gasteiger partial charge in [0.1, 0.15) is 0 Å². The number of aromatic nitrogens is 5. The SMILES string of the molecule is C=C(/C=C\C=C/C)c1cc(-c2cccc(-c3ccc(-c4cc(-c5ccccc5)nc(-c5cccc(-c6cncc7ccccc67)c5)n4)cc3)c2)nc2c1ccc1ccc(C)nc12. The van der Waals surface area contributed by atoms with Crippen LogP contribution in [0.4, 0.5) is 0 Å². The number of pyridine rings is 3. The molecular formula is C57H41N5. The maximum atomic E-state index is 5.29. The van der Waals surface area contributed by atoms with Crippen molar-refractivity contribution in [3.8, 4) is 67.4 Å². The third-order valence-corrected chi connectivity index (χ3v) is 11.3. The number of hydrogen-bond acceptors (Lipinski definition) is 5. The predicted octanol–water partition coefficient (Wildman–Crippen LogP) is 14.6. The Morgan fingerprint density at radius 1 is 0.468 bits per heavy atom. The lowest BCUT2D eigenvalue weighted by atomic mass is 9.95. The Bertz CT molecular complexity index is 3380. The van der Waals surface area contributed by atoms with Crippen LogP contribution in [0.2, 0.25) is 0 Å². The molecule has 10 aromatic rings. The molecule has 0 N–H and O–H groups in total. The number of benzene rings is 6. The molecule has 0 aliphatic rings. The van der Waals surface area contributed by atoms with Gasteiger partial charge in [0.05, 0.1) is 28.1 Å². The van der Waals surface area contributed by atoms with Gasteiger partial charge in [-0.25, -0.2) is 15.0 Å². The van der Waals surface area contributed by atoms with Crippen molar-refractivity contribution in [1.82, 2.24) is 24.9 Å². The van der Waals surface area contributed by atoms with Crippen LogP contribution in [0.15, 0.2) is 207 Å². The summed E-state index contributed by atoms with van der Waals surface area (Å²) in [6.07, 6.45) is 11.9.